The van der Waals surface area contributed by atoms with Gasteiger partial charge in [0, 0.05) is 41.0 Å². The molecule has 1 aliphatic heterocycles. The van der Waals surface area contributed by atoms with Crippen molar-refractivity contribution < 1.29 is 0 Å². The number of nitrogens with two attached hydrogens (primary N) is 1. The molecule has 0 atom stereocenters. The molecule has 3 nitrogen and oxygen atoms in total. The number of likely N-dealkylation sites (tertiary alicyclic amines) is 1. The second-order valence-electron chi connectivity index (χ2n) is 6.83. The van der Waals surface area contributed by atoms with Crippen LogP contribution < -0.4 is 5.73 Å². The molecule has 4 heteroatoms. The van der Waals surface area contributed by atoms with Gasteiger partial charge in [-0.25, -0.2) is 0 Å². The van der Waals surface area contributed by atoms with E-state index >= 15 is 0 Å². The molecule has 0 spiro atoms. The Bertz CT molecular complexity index is 871. The number of benzene rings is 2. The highest BCUT2D eigenvalue weighted by atomic mass is 35.5. The fourth-order valence-electron chi connectivity index (χ4n) is 3.56. The fraction of sp³-hybridized carbons (Fsp3) is 0.286. The number of piperidine rings is 1. The van der Waals surface area contributed by atoms with Gasteiger partial charge in [0.25, 0.3) is 0 Å². The predicted molar refractivity (Wildman–Crippen MR) is 105 cm³/mol. The summed E-state index contributed by atoms with van der Waals surface area (Å²) in [7, 11) is 0. The van der Waals surface area contributed by atoms with Gasteiger partial charge in [0.05, 0.1) is 0 Å². The molecule has 0 amide bonds. The maximum atomic E-state index is 6.57. The van der Waals surface area contributed by atoms with Gasteiger partial charge >= 0.3 is 0 Å². The number of aromatic nitrogens is 1. The van der Waals surface area contributed by atoms with Gasteiger partial charge in [-0.15, -0.1) is 0 Å². The van der Waals surface area contributed by atoms with Crippen LogP contribution in [0.2, 0.25) is 5.02 Å². The number of halogens is 1. The minimum atomic E-state index is 0.346. The highest BCUT2D eigenvalue weighted by Crippen LogP contribution is 2.32. The third-order valence-corrected chi connectivity index (χ3v) is 5.39. The van der Waals surface area contributed by atoms with E-state index in [0.717, 1.165) is 48.4 Å². The van der Waals surface area contributed by atoms with E-state index < -0.39 is 0 Å². The van der Waals surface area contributed by atoms with E-state index in [1.165, 1.54) is 16.5 Å². The monoisotopic (exact) mass is 351 g/mol. The van der Waals surface area contributed by atoms with E-state index in [4.69, 9.17) is 17.3 Å². The Morgan fingerprint density at radius 1 is 1.08 bits per heavy atom. The Balaban J connectivity index is 1.72. The highest BCUT2D eigenvalue weighted by Gasteiger charge is 2.17. The number of hydrogen-bond donors (Lipinski definition) is 1. The molecule has 0 unspecified atom stereocenters. The van der Waals surface area contributed by atoms with Crippen LogP contribution in [-0.2, 0) is 6.54 Å². The summed E-state index contributed by atoms with van der Waals surface area (Å²) in [6, 6.07) is 15.0. The van der Waals surface area contributed by atoms with Gasteiger partial charge in [0.15, 0.2) is 0 Å². The highest BCUT2D eigenvalue weighted by molar-refractivity contribution is 6.32. The van der Waals surface area contributed by atoms with Crippen LogP contribution in [0.25, 0.3) is 21.9 Å². The van der Waals surface area contributed by atoms with Crippen LogP contribution in [-0.4, -0.2) is 29.0 Å². The van der Waals surface area contributed by atoms with Gasteiger partial charge < -0.3 is 5.73 Å². The molecule has 0 saturated carbocycles. The van der Waals surface area contributed by atoms with E-state index in [1.54, 1.807) is 0 Å². The van der Waals surface area contributed by atoms with Crippen LogP contribution in [0, 0.1) is 0 Å². The van der Waals surface area contributed by atoms with E-state index in [1.807, 2.05) is 24.5 Å². The van der Waals surface area contributed by atoms with Crippen molar-refractivity contribution in [1.82, 2.24) is 9.88 Å². The van der Waals surface area contributed by atoms with Gasteiger partial charge in [0.2, 0.25) is 0 Å². The third kappa shape index (κ3) is 3.54. The average molecular weight is 352 g/mol. The lowest BCUT2D eigenvalue weighted by Gasteiger charge is -2.30. The molecule has 1 aliphatic rings. The molecule has 1 aromatic heterocycles. The maximum absolute atomic E-state index is 6.57. The summed E-state index contributed by atoms with van der Waals surface area (Å²) in [5.74, 6) is 0. The Labute approximate surface area is 153 Å². The zero-order valence-electron chi connectivity index (χ0n) is 14.2. The molecule has 1 saturated heterocycles. The standard InChI is InChI=1S/C21H22ClN3/c22-21-11-16-12-24-13-20(15-4-2-1-3-5-15)19(16)10-17(21)14-25-8-6-18(23)7-9-25/h1-5,10-13,18H,6-9,14,23H2. The summed E-state index contributed by atoms with van der Waals surface area (Å²) in [5.41, 5.74) is 9.52. The van der Waals surface area contributed by atoms with Crippen LogP contribution in [0.1, 0.15) is 18.4 Å². The van der Waals surface area contributed by atoms with Gasteiger partial charge in [-0.05, 0) is 54.6 Å². The van der Waals surface area contributed by atoms with Gasteiger partial charge in [-0.1, -0.05) is 41.9 Å². The molecule has 1 fully saturated rings. The molecule has 3 aromatic rings. The van der Waals surface area contributed by atoms with E-state index in [2.05, 4.69) is 40.2 Å². The Kier molecular flexibility index (Phi) is 4.71. The molecule has 0 radical (unpaired) electrons. The lowest BCUT2D eigenvalue weighted by atomic mass is 9.98. The summed E-state index contributed by atoms with van der Waals surface area (Å²) < 4.78 is 0. The molecule has 2 heterocycles. The Morgan fingerprint density at radius 2 is 1.84 bits per heavy atom. The van der Waals surface area contributed by atoms with Crippen LogP contribution in [0.4, 0.5) is 0 Å². The first kappa shape index (κ1) is 16.5. The van der Waals surface area contributed by atoms with E-state index in [-0.39, 0.29) is 0 Å². The van der Waals surface area contributed by atoms with Crippen molar-refractivity contribution in [3.8, 4) is 11.1 Å². The van der Waals surface area contributed by atoms with Gasteiger partial charge in [-0.2, -0.15) is 0 Å². The molecular formula is C21H22ClN3. The minimum Gasteiger partial charge on any atom is -0.328 e. The van der Waals surface area contributed by atoms with Crippen LogP contribution >= 0.6 is 11.6 Å². The smallest absolute Gasteiger partial charge is 0.0457 e. The van der Waals surface area contributed by atoms with Crippen molar-refractivity contribution in [3.63, 3.8) is 0 Å². The minimum absolute atomic E-state index is 0.346. The predicted octanol–water partition coefficient (Wildman–Crippen LogP) is 4.48. The second-order valence-corrected chi connectivity index (χ2v) is 7.24. The zero-order valence-corrected chi connectivity index (χ0v) is 14.9. The van der Waals surface area contributed by atoms with Crippen LogP contribution in [0.15, 0.2) is 54.9 Å². The molecule has 25 heavy (non-hydrogen) atoms. The summed E-state index contributed by atoms with van der Waals surface area (Å²) in [4.78, 5) is 6.85. The number of fused-ring (bicyclic) bond motifs is 1. The Hall–Kier alpha value is -1.94. The lowest BCUT2D eigenvalue weighted by molar-refractivity contribution is 0.206. The van der Waals surface area contributed by atoms with Gasteiger partial charge in [-0.3, -0.25) is 9.88 Å². The molecule has 0 bridgehead atoms. The first-order chi connectivity index (χ1) is 12.2. The zero-order chi connectivity index (χ0) is 17.2. The Morgan fingerprint density at radius 3 is 2.60 bits per heavy atom. The summed E-state index contributed by atoms with van der Waals surface area (Å²) in [6.45, 7) is 2.95. The third-order valence-electron chi connectivity index (χ3n) is 5.04. The topological polar surface area (TPSA) is 42.1 Å². The first-order valence-corrected chi connectivity index (χ1v) is 9.18. The molecule has 4 rings (SSSR count). The largest absolute Gasteiger partial charge is 0.328 e. The number of rotatable bonds is 3. The van der Waals surface area contributed by atoms with Crippen LogP contribution in [0.3, 0.4) is 0 Å². The molecule has 2 aromatic carbocycles. The van der Waals surface area contributed by atoms with Crippen LogP contribution in [0.5, 0.6) is 0 Å². The number of nitrogens with zero attached hydrogens (tertiary/aromatic N) is 2. The number of hydrogen-bond acceptors (Lipinski definition) is 3. The average Bonchev–Trinajstić information content (AvgIpc) is 2.64. The van der Waals surface area contributed by atoms with Crippen molar-refractivity contribution in [2.45, 2.75) is 25.4 Å². The van der Waals surface area contributed by atoms with Crippen molar-refractivity contribution in [3.05, 3.63) is 65.4 Å². The van der Waals surface area contributed by atoms with Gasteiger partial charge in [0.1, 0.15) is 0 Å². The van der Waals surface area contributed by atoms with Crippen molar-refractivity contribution >= 4 is 22.4 Å². The van der Waals surface area contributed by atoms with Crippen molar-refractivity contribution in [1.29, 1.82) is 0 Å². The second kappa shape index (κ2) is 7.12. The fourth-order valence-corrected chi connectivity index (χ4v) is 3.79. The summed E-state index contributed by atoms with van der Waals surface area (Å²) in [6.07, 6.45) is 5.95. The van der Waals surface area contributed by atoms with Crippen molar-refractivity contribution in [2.75, 3.05) is 13.1 Å². The lowest BCUT2D eigenvalue weighted by Crippen LogP contribution is -2.39. The first-order valence-electron chi connectivity index (χ1n) is 8.80. The molecule has 128 valence electrons. The van der Waals surface area contributed by atoms with Crippen molar-refractivity contribution in [2.24, 2.45) is 5.73 Å². The summed E-state index contributed by atoms with van der Waals surface area (Å²) in [5, 5.41) is 3.10. The van der Waals surface area contributed by atoms with E-state index in [9.17, 15) is 0 Å². The SMILES string of the molecule is NC1CCN(Cc2cc3c(-c4ccccc4)cncc3cc2Cl)CC1. The quantitative estimate of drug-likeness (QED) is 0.756. The number of pyridine rings is 1. The molecule has 0 aliphatic carbocycles. The normalized spacial score (nSPS) is 16.4. The van der Waals surface area contributed by atoms with E-state index in [0.29, 0.717) is 6.04 Å². The summed E-state index contributed by atoms with van der Waals surface area (Å²) >= 11 is 6.57. The molecule has 2 N–H and O–H groups in total. The maximum Gasteiger partial charge on any atom is 0.0457 e. The molecular weight excluding hydrogens is 330 g/mol.